The largest absolute Gasteiger partial charge is 0.444 e. The lowest BCUT2D eigenvalue weighted by Gasteiger charge is -2.36. The van der Waals surface area contributed by atoms with Crippen LogP contribution in [0.5, 0.6) is 0 Å². The highest BCUT2D eigenvalue weighted by Gasteiger charge is 2.29. The Hall–Kier alpha value is -2.08. The van der Waals surface area contributed by atoms with E-state index in [1.807, 2.05) is 51.1 Å². The molecule has 1 atom stereocenters. The molecule has 1 fully saturated rings. The number of hydrogen-bond donors (Lipinski definition) is 0. The van der Waals surface area contributed by atoms with Crippen LogP contribution in [0.15, 0.2) is 30.3 Å². The van der Waals surface area contributed by atoms with Crippen LogP contribution in [-0.4, -0.2) is 55.9 Å². The van der Waals surface area contributed by atoms with Gasteiger partial charge in [-0.1, -0.05) is 18.2 Å². The van der Waals surface area contributed by atoms with Gasteiger partial charge in [0.1, 0.15) is 12.2 Å². The van der Waals surface area contributed by atoms with E-state index in [9.17, 15) is 9.59 Å². The molecule has 0 radical (unpaired) electrons. The zero-order valence-corrected chi connectivity index (χ0v) is 16.2. The fraction of sp³-hybridized carbons (Fsp3) is 0.600. The summed E-state index contributed by atoms with van der Waals surface area (Å²) in [6.45, 7) is 7.50. The van der Waals surface area contributed by atoms with Crippen molar-refractivity contribution in [1.82, 2.24) is 4.90 Å². The molecule has 0 aliphatic carbocycles. The third-order valence-corrected chi connectivity index (χ3v) is 4.25. The van der Waals surface area contributed by atoms with Crippen LogP contribution in [0.4, 0.5) is 10.5 Å². The summed E-state index contributed by atoms with van der Waals surface area (Å²) in [6, 6.07) is 9.59. The van der Waals surface area contributed by atoms with Gasteiger partial charge in [0, 0.05) is 32.4 Å². The van der Waals surface area contributed by atoms with Crippen molar-refractivity contribution in [2.24, 2.45) is 5.92 Å². The van der Waals surface area contributed by atoms with Crippen molar-refractivity contribution in [3.05, 3.63) is 30.3 Å². The van der Waals surface area contributed by atoms with Crippen LogP contribution < -0.4 is 4.90 Å². The SMILES string of the molecule is COCC(=O)N(C[C@@H]1CCCN(C(=O)OC(C)(C)C)C1)c1ccccc1. The highest BCUT2D eigenvalue weighted by molar-refractivity contribution is 5.94. The van der Waals surface area contributed by atoms with E-state index < -0.39 is 5.60 Å². The van der Waals surface area contributed by atoms with Gasteiger partial charge in [0.15, 0.2) is 0 Å². The second-order valence-corrected chi connectivity index (χ2v) is 7.71. The van der Waals surface area contributed by atoms with Crippen LogP contribution in [0.2, 0.25) is 0 Å². The van der Waals surface area contributed by atoms with Crippen LogP contribution >= 0.6 is 0 Å². The third-order valence-electron chi connectivity index (χ3n) is 4.25. The van der Waals surface area contributed by atoms with Crippen molar-refractivity contribution in [2.45, 2.75) is 39.2 Å². The van der Waals surface area contributed by atoms with Gasteiger partial charge in [-0.15, -0.1) is 0 Å². The van der Waals surface area contributed by atoms with Gasteiger partial charge in [0.05, 0.1) is 0 Å². The minimum atomic E-state index is -0.505. The molecule has 0 unspecified atom stereocenters. The highest BCUT2D eigenvalue weighted by atomic mass is 16.6. The summed E-state index contributed by atoms with van der Waals surface area (Å²) in [6.07, 6.45) is 1.60. The number of piperidine rings is 1. The fourth-order valence-corrected chi connectivity index (χ4v) is 3.13. The molecule has 0 saturated carbocycles. The maximum Gasteiger partial charge on any atom is 0.410 e. The fourth-order valence-electron chi connectivity index (χ4n) is 3.13. The number of para-hydroxylation sites is 1. The normalized spacial score (nSPS) is 17.7. The number of carbonyl (C=O) groups excluding carboxylic acids is 2. The molecule has 6 nitrogen and oxygen atoms in total. The van der Waals surface area contributed by atoms with E-state index in [4.69, 9.17) is 9.47 Å². The lowest BCUT2D eigenvalue weighted by molar-refractivity contribution is -0.122. The van der Waals surface area contributed by atoms with Crippen molar-refractivity contribution in [1.29, 1.82) is 0 Å². The first-order chi connectivity index (χ1) is 12.3. The molecule has 144 valence electrons. The summed E-state index contributed by atoms with van der Waals surface area (Å²) in [7, 11) is 1.52. The van der Waals surface area contributed by atoms with Crippen LogP contribution in [0.3, 0.4) is 0 Å². The summed E-state index contributed by atoms with van der Waals surface area (Å²) in [5, 5.41) is 0. The molecule has 1 saturated heterocycles. The minimum Gasteiger partial charge on any atom is -0.444 e. The second-order valence-electron chi connectivity index (χ2n) is 7.71. The van der Waals surface area contributed by atoms with E-state index in [0.717, 1.165) is 18.5 Å². The molecule has 2 rings (SSSR count). The molecule has 0 bridgehead atoms. The van der Waals surface area contributed by atoms with E-state index in [0.29, 0.717) is 19.6 Å². The third kappa shape index (κ3) is 6.02. The number of rotatable bonds is 5. The quantitative estimate of drug-likeness (QED) is 0.806. The second kappa shape index (κ2) is 9.03. The van der Waals surface area contributed by atoms with Gasteiger partial charge >= 0.3 is 6.09 Å². The molecular formula is C20H30N2O4. The molecule has 0 spiro atoms. The Bertz CT molecular complexity index is 598. The maximum absolute atomic E-state index is 12.5. The number of hydrogen-bond acceptors (Lipinski definition) is 4. The number of carbonyl (C=O) groups is 2. The van der Waals surface area contributed by atoms with Crippen LogP contribution in [0.25, 0.3) is 0 Å². The van der Waals surface area contributed by atoms with Crippen LogP contribution in [-0.2, 0) is 14.3 Å². The Kier molecular flexibility index (Phi) is 7.03. The average molecular weight is 362 g/mol. The molecule has 1 aliphatic heterocycles. The summed E-state index contributed by atoms with van der Waals surface area (Å²) in [5.74, 6) is 0.130. The van der Waals surface area contributed by atoms with Gasteiger partial charge in [-0.2, -0.15) is 0 Å². The number of amides is 2. The number of nitrogens with zero attached hydrogens (tertiary/aromatic N) is 2. The smallest absolute Gasteiger partial charge is 0.410 e. The Morgan fingerprint density at radius 1 is 1.23 bits per heavy atom. The van der Waals surface area contributed by atoms with Gasteiger partial charge in [-0.3, -0.25) is 4.79 Å². The van der Waals surface area contributed by atoms with Gasteiger partial charge in [0.25, 0.3) is 5.91 Å². The molecule has 0 aromatic heterocycles. The summed E-state index contributed by atoms with van der Waals surface area (Å²) < 4.78 is 10.5. The number of ether oxygens (including phenoxy) is 2. The predicted molar refractivity (Wildman–Crippen MR) is 101 cm³/mol. The van der Waals surface area contributed by atoms with E-state index in [1.54, 1.807) is 9.80 Å². The van der Waals surface area contributed by atoms with Gasteiger partial charge in [-0.25, -0.2) is 4.79 Å². The van der Waals surface area contributed by atoms with Gasteiger partial charge in [0.2, 0.25) is 0 Å². The van der Waals surface area contributed by atoms with E-state index in [2.05, 4.69) is 0 Å². The summed E-state index contributed by atoms with van der Waals surface area (Å²) in [4.78, 5) is 28.4. The molecule has 6 heteroatoms. The Labute approximate surface area is 156 Å². The molecule has 1 heterocycles. The summed E-state index contributed by atoms with van der Waals surface area (Å²) in [5.41, 5.74) is 0.345. The van der Waals surface area contributed by atoms with E-state index in [1.165, 1.54) is 7.11 Å². The molecule has 2 amide bonds. The van der Waals surface area contributed by atoms with Crippen LogP contribution in [0, 0.1) is 5.92 Å². The first kappa shape index (κ1) is 20.2. The average Bonchev–Trinajstić information content (AvgIpc) is 2.59. The Balaban J connectivity index is 2.05. The topological polar surface area (TPSA) is 59.1 Å². The van der Waals surface area contributed by atoms with E-state index in [-0.39, 0.29) is 24.5 Å². The molecular weight excluding hydrogens is 332 g/mol. The minimum absolute atomic E-state index is 0.0391. The molecule has 1 aliphatic rings. The van der Waals surface area contributed by atoms with Crippen molar-refractivity contribution in [3.8, 4) is 0 Å². The number of anilines is 1. The highest BCUT2D eigenvalue weighted by Crippen LogP contribution is 2.23. The number of benzene rings is 1. The van der Waals surface area contributed by atoms with Crippen molar-refractivity contribution < 1.29 is 19.1 Å². The zero-order chi connectivity index (χ0) is 19.2. The van der Waals surface area contributed by atoms with Gasteiger partial charge in [-0.05, 0) is 51.7 Å². The molecule has 26 heavy (non-hydrogen) atoms. The van der Waals surface area contributed by atoms with Gasteiger partial charge < -0.3 is 19.3 Å². The van der Waals surface area contributed by atoms with Crippen molar-refractivity contribution in [3.63, 3.8) is 0 Å². The monoisotopic (exact) mass is 362 g/mol. The molecule has 0 N–H and O–H groups in total. The lowest BCUT2D eigenvalue weighted by Crippen LogP contribution is -2.47. The first-order valence-electron chi connectivity index (χ1n) is 9.12. The molecule has 1 aromatic carbocycles. The number of likely N-dealkylation sites (tertiary alicyclic amines) is 1. The first-order valence-corrected chi connectivity index (χ1v) is 9.12. The zero-order valence-electron chi connectivity index (χ0n) is 16.2. The van der Waals surface area contributed by atoms with Crippen molar-refractivity contribution >= 4 is 17.7 Å². The predicted octanol–water partition coefficient (Wildman–Crippen LogP) is 3.31. The van der Waals surface area contributed by atoms with Crippen molar-refractivity contribution in [2.75, 3.05) is 38.3 Å². The Morgan fingerprint density at radius 2 is 1.92 bits per heavy atom. The molecule has 1 aromatic rings. The lowest BCUT2D eigenvalue weighted by atomic mass is 9.97. The summed E-state index contributed by atoms with van der Waals surface area (Å²) >= 11 is 0. The standard InChI is InChI=1S/C20H30N2O4/c1-20(2,3)26-19(24)21-12-8-9-16(13-21)14-22(18(23)15-25-4)17-10-6-5-7-11-17/h5-7,10-11,16H,8-9,12-15H2,1-4H3/t16-/m1/s1. The maximum atomic E-state index is 12.5. The van der Waals surface area contributed by atoms with E-state index >= 15 is 0 Å². The van der Waals surface area contributed by atoms with Crippen LogP contribution in [0.1, 0.15) is 33.6 Å². The Morgan fingerprint density at radius 3 is 2.54 bits per heavy atom. The number of methoxy groups -OCH3 is 1.